The Morgan fingerprint density at radius 2 is 1.06 bits per heavy atom. The van der Waals surface area contributed by atoms with E-state index in [9.17, 15) is 35.1 Å². The summed E-state index contributed by atoms with van der Waals surface area (Å²) < 4.78 is 44.1. The molecule has 68 heavy (non-hydrogen) atoms. The lowest BCUT2D eigenvalue weighted by Crippen LogP contribution is -2.60. The number of aliphatic hydroxyl groups excluding tert-OH is 5. The zero-order valence-corrected chi connectivity index (χ0v) is 43.3. The Kier molecular flexibility index (Phi) is 30.4. The highest BCUT2D eigenvalue weighted by molar-refractivity contribution is 5.71. The Morgan fingerprint density at radius 3 is 1.62 bits per heavy atom. The average molecular weight is 975 g/mol. The molecule has 15 heteroatoms. The van der Waals surface area contributed by atoms with E-state index in [1.54, 1.807) is 0 Å². The summed E-state index contributed by atoms with van der Waals surface area (Å²) in [6.07, 6.45) is 13.2. The fourth-order valence-corrected chi connectivity index (χ4v) is 9.66. The summed E-state index contributed by atoms with van der Waals surface area (Å²) in [5.74, 6) is -2.75. The Balaban J connectivity index is 1.49. The Bertz CT molecular complexity index is 1320. The van der Waals surface area contributed by atoms with Gasteiger partial charge < -0.3 is 63.8 Å². The molecule has 3 rings (SSSR count). The standard InChI is InChI=1S/C53H98O15/c1-8-9-10-23-28-41(29-25-27-40(54)26-22-20-18-16-14-12-11-13-15-17-19-21-24-30-42(55)50(60)61)65-52-48(45(57)36(4)32-63-52)68-53-49(46(58)37(5)33-64-53)67-51-39(7)47(59)38(6)43(66-51)34-62-44(56)31-35(2)3/h35-43,45-49,51-55,57-59H,8-34H2,1-7H3,(H,60,61). The van der Waals surface area contributed by atoms with Gasteiger partial charge in [-0.15, -0.1) is 0 Å². The number of carboxylic acid groups (broad SMARTS) is 1. The van der Waals surface area contributed by atoms with E-state index >= 15 is 0 Å². The van der Waals surface area contributed by atoms with Crippen molar-refractivity contribution in [2.75, 3.05) is 19.8 Å². The van der Waals surface area contributed by atoms with Gasteiger partial charge in [0.05, 0.1) is 49.8 Å². The number of aliphatic carboxylic acids is 1. The van der Waals surface area contributed by atoms with Crippen LogP contribution in [-0.4, -0.2) is 136 Å². The molecule has 3 aliphatic heterocycles. The minimum atomic E-state index is -1.23. The van der Waals surface area contributed by atoms with Gasteiger partial charge in [0, 0.05) is 30.1 Å². The maximum atomic E-state index is 12.4. The van der Waals surface area contributed by atoms with Crippen LogP contribution in [-0.2, 0) is 42.7 Å². The number of hydrogen-bond acceptors (Lipinski definition) is 14. The fourth-order valence-electron chi connectivity index (χ4n) is 9.66. The van der Waals surface area contributed by atoms with Gasteiger partial charge in [-0.3, -0.25) is 4.79 Å². The summed E-state index contributed by atoms with van der Waals surface area (Å²) in [6.45, 7) is 13.9. The number of carboxylic acids is 1. The van der Waals surface area contributed by atoms with Crippen LogP contribution >= 0.6 is 0 Å². The number of ether oxygens (including phenoxy) is 7. The van der Waals surface area contributed by atoms with Crippen molar-refractivity contribution >= 4 is 11.9 Å². The molecule has 400 valence electrons. The quantitative estimate of drug-likeness (QED) is 0.0256. The highest BCUT2D eigenvalue weighted by atomic mass is 16.8. The summed E-state index contributed by atoms with van der Waals surface area (Å²) >= 11 is 0. The topological polar surface area (TPSA) is 220 Å². The predicted molar refractivity (Wildman–Crippen MR) is 259 cm³/mol. The van der Waals surface area contributed by atoms with Gasteiger partial charge in [-0.05, 0) is 44.4 Å². The van der Waals surface area contributed by atoms with Crippen molar-refractivity contribution in [1.29, 1.82) is 0 Å². The van der Waals surface area contributed by atoms with Crippen molar-refractivity contribution in [3.8, 4) is 0 Å². The average Bonchev–Trinajstić information content (AvgIpc) is 3.30. The molecule has 0 saturated carbocycles. The molecule has 3 aliphatic rings. The molecule has 6 N–H and O–H groups in total. The number of carbonyl (C=O) groups excluding carboxylic acids is 1. The third-order valence-corrected chi connectivity index (χ3v) is 14.5. The Hall–Kier alpha value is -1.50. The molecule has 0 radical (unpaired) electrons. The number of unbranched alkanes of at least 4 members (excludes halogenated alkanes) is 15. The minimum absolute atomic E-state index is 0.0430. The number of esters is 1. The smallest absolute Gasteiger partial charge is 0.332 e. The minimum Gasteiger partial charge on any atom is -0.479 e. The normalized spacial score (nSPS) is 31.4. The lowest BCUT2D eigenvalue weighted by atomic mass is 9.86. The largest absolute Gasteiger partial charge is 0.479 e. The molecule has 0 bridgehead atoms. The Morgan fingerprint density at radius 1 is 0.588 bits per heavy atom. The molecule has 0 aromatic carbocycles. The monoisotopic (exact) mass is 975 g/mol. The number of rotatable bonds is 36. The van der Waals surface area contributed by atoms with E-state index in [4.69, 9.17) is 38.3 Å². The molecule has 0 aliphatic carbocycles. The zero-order valence-electron chi connectivity index (χ0n) is 43.3. The molecular weight excluding hydrogens is 877 g/mol. The van der Waals surface area contributed by atoms with Gasteiger partial charge in [-0.1, -0.05) is 158 Å². The van der Waals surface area contributed by atoms with Crippen molar-refractivity contribution in [3.05, 3.63) is 0 Å². The summed E-state index contributed by atoms with van der Waals surface area (Å²) in [5, 5.41) is 63.5. The van der Waals surface area contributed by atoms with Gasteiger partial charge in [-0.2, -0.15) is 0 Å². The zero-order chi connectivity index (χ0) is 50.0. The van der Waals surface area contributed by atoms with Crippen molar-refractivity contribution in [2.45, 2.75) is 276 Å². The fraction of sp³-hybridized carbons (Fsp3) is 0.962. The second-order valence-electron chi connectivity index (χ2n) is 21.3. The van der Waals surface area contributed by atoms with Crippen molar-refractivity contribution in [1.82, 2.24) is 0 Å². The van der Waals surface area contributed by atoms with Crippen molar-refractivity contribution in [2.24, 2.45) is 29.6 Å². The first-order valence-corrected chi connectivity index (χ1v) is 27.2. The van der Waals surface area contributed by atoms with Gasteiger partial charge in [0.15, 0.2) is 25.0 Å². The third-order valence-electron chi connectivity index (χ3n) is 14.5. The number of hydrogen-bond donors (Lipinski definition) is 6. The van der Waals surface area contributed by atoms with Crippen LogP contribution < -0.4 is 0 Å². The van der Waals surface area contributed by atoms with Crippen LogP contribution in [0.2, 0.25) is 0 Å². The summed E-state index contributed by atoms with van der Waals surface area (Å²) in [4.78, 5) is 23.1. The van der Waals surface area contributed by atoms with E-state index < -0.39 is 73.5 Å². The van der Waals surface area contributed by atoms with Crippen LogP contribution in [0.4, 0.5) is 0 Å². The SMILES string of the molecule is CCCCCCC(CCCC(O)CCCCCCCCCCCCCCCC(O)C(=O)O)OC1OCC(C)C(O)C1OC1OCC(C)C(O)C1OC1OC(COC(=O)CC(C)C)C(C)C(O)C1C. The highest BCUT2D eigenvalue weighted by Crippen LogP contribution is 2.36. The molecule has 15 nitrogen and oxygen atoms in total. The molecular formula is C53H98O15. The Labute approximate surface area is 410 Å². The molecule has 0 spiro atoms. The summed E-state index contributed by atoms with van der Waals surface area (Å²) in [6, 6.07) is 0. The molecule has 16 unspecified atom stereocenters. The second-order valence-corrected chi connectivity index (χ2v) is 21.3. The molecule has 3 saturated heterocycles. The van der Waals surface area contributed by atoms with Gasteiger partial charge in [-0.25, -0.2) is 4.79 Å². The van der Waals surface area contributed by atoms with E-state index in [0.717, 1.165) is 83.5 Å². The molecule has 3 heterocycles. The van der Waals surface area contributed by atoms with Gasteiger partial charge in [0.1, 0.15) is 18.8 Å². The van der Waals surface area contributed by atoms with Crippen molar-refractivity contribution in [3.63, 3.8) is 0 Å². The lowest BCUT2D eigenvalue weighted by Gasteiger charge is -2.47. The lowest BCUT2D eigenvalue weighted by molar-refractivity contribution is -0.369. The molecule has 0 aromatic heterocycles. The van der Waals surface area contributed by atoms with E-state index in [-0.39, 0.29) is 68.1 Å². The first kappa shape index (κ1) is 60.8. The van der Waals surface area contributed by atoms with E-state index in [1.165, 1.54) is 51.4 Å². The van der Waals surface area contributed by atoms with E-state index in [2.05, 4.69) is 6.92 Å². The van der Waals surface area contributed by atoms with Gasteiger partial charge in [0.2, 0.25) is 0 Å². The third kappa shape index (κ3) is 22.5. The van der Waals surface area contributed by atoms with E-state index in [0.29, 0.717) is 12.8 Å². The maximum absolute atomic E-state index is 12.4. The molecule has 16 atom stereocenters. The predicted octanol–water partition coefficient (Wildman–Crippen LogP) is 8.59. The maximum Gasteiger partial charge on any atom is 0.332 e. The first-order chi connectivity index (χ1) is 32.5. The van der Waals surface area contributed by atoms with Crippen LogP contribution in [0.15, 0.2) is 0 Å². The molecule has 3 fully saturated rings. The first-order valence-electron chi connectivity index (χ1n) is 27.2. The second kappa shape index (κ2) is 34.0. The van der Waals surface area contributed by atoms with Crippen LogP contribution in [0.1, 0.15) is 203 Å². The number of aliphatic hydroxyl groups is 5. The van der Waals surface area contributed by atoms with Crippen LogP contribution in [0, 0.1) is 29.6 Å². The number of carbonyl (C=O) groups is 2. The summed E-state index contributed by atoms with van der Waals surface area (Å²) in [7, 11) is 0. The highest BCUT2D eigenvalue weighted by Gasteiger charge is 2.50. The van der Waals surface area contributed by atoms with Gasteiger partial charge in [0.25, 0.3) is 0 Å². The molecule has 0 aromatic rings. The van der Waals surface area contributed by atoms with Crippen LogP contribution in [0.3, 0.4) is 0 Å². The molecule has 0 amide bonds. The van der Waals surface area contributed by atoms with Gasteiger partial charge >= 0.3 is 11.9 Å². The van der Waals surface area contributed by atoms with E-state index in [1.807, 2.05) is 41.5 Å². The summed E-state index contributed by atoms with van der Waals surface area (Å²) in [5.41, 5.74) is 0. The van der Waals surface area contributed by atoms with Crippen LogP contribution in [0.5, 0.6) is 0 Å². The van der Waals surface area contributed by atoms with Crippen molar-refractivity contribution < 1.29 is 73.4 Å². The van der Waals surface area contributed by atoms with Crippen LogP contribution in [0.25, 0.3) is 0 Å².